The largest absolute Gasteiger partial charge is 0.476 e. The molecule has 1 saturated carbocycles. The number of nitrogens with zero attached hydrogens (tertiary/aromatic N) is 1. The van der Waals surface area contributed by atoms with Crippen LogP contribution >= 0.6 is 0 Å². The Morgan fingerprint density at radius 2 is 1.70 bits per heavy atom. The summed E-state index contributed by atoms with van der Waals surface area (Å²) in [6, 6.07) is 0. The number of rotatable bonds is 6. The van der Waals surface area contributed by atoms with Gasteiger partial charge in [-0.05, 0) is 31.1 Å². The van der Waals surface area contributed by atoms with E-state index in [-0.39, 0.29) is 29.8 Å². The van der Waals surface area contributed by atoms with Gasteiger partial charge >= 0.3 is 11.9 Å². The number of oxime groups is 1. The molecule has 0 spiro atoms. The number of carbonyl (C=O) groups excluding carboxylic acids is 2. The van der Waals surface area contributed by atoms with Crippen LogP contribution in [0, 0.1) is 11.3 Å². The average molecular weight is 327 g/mol. The topological polar surface area (TPSA) is 102 Å². The number of esters is 1. The third-order valence-corrected chi connectivity index (χ3v) is 3.66. The summed E-state index contributed by atoms with van der Waals surface area (Å²) in [4.78, 5) is 39.9. The second-order valence-electron chi connectivity index (χ2n) is 7.01. The Morgan fingerprint density at radius 1 is 1.13 bits per heavy atom. The zero-order chi connectivity index (χ0) is 17.6. The van der Waals surface area contributed by atoms with Gasteiger partial charge < -0.3 is 14.7 Å². The SMILES string of the molecule is COC(=O)C1CCC(ON=C(C(=O)O)C(=O)CC(C)(C)C)CC1. The van der Waals surface area contributed by atoms with Gasteiger partial charge in [0.2, 0.25) is 5.71 Å². The molecule has 7 nitrogen and oxygen atoms in total. The van der Waals surface area contributed by atoms with Gasteiger partial charge in [0.05, 0.1) is 13.0 Å². The van der Waals surface area contributed by atoms with Crippen LogP contribution in [0.2, 0.25) is 0 Å². The molecule has 1 fully saturated rings. The number of methoxy groups -OCH3 is 1. The van der Waals surface area contributed by atoms with Crippen molar-refractivity contribution < 1.29 is 29.1 Å². The quantitative estimate of drug-likeness (QED) is 0.347. The highest BCUT2D eigenvalue weighted by molar-refractivity contribution is 6.63. The van der Waals surface area contributed by atoms with Gasteiger partial charge in [-0.15, -0.1) is 0 Å². The lowest BCUT2D eigenvalue weighted by Gasteiger charge is -2.25. The molecule has 0 amide bonds. The predicted octanol–water partition coefficient (Wildman–Crippen LogP) is 2.18. The van der Waals surface area contributed by atoms with E-state index in [0.29, 0.717) is 25.7 Å². The number of ether oxygens (including phenoxy) is 1. The van der Waals surface area contributed by atoms with Crippen LogP contribution in [-0.4, -0.2) is 41.8 Å². The molecule has 1 aliphatic carbocycles. The molecule has 0 saturated heterocycles. The summed E-state index contributed by atoms with van der Waals surface area (Å²) < 4.78 is 4.70. The van der Waals surface area contributed by atoms with Gasteiger partial charge in [-0.2, -0.15) is 0 Å². The molecule has 0 heterocycles. The molecule has 0 aliphatic heterocycles. The molecule has 23 heavy (non-hydrogen) atoms. The predicted molar refractivity (Wildman–Crippen MR) is 83.0 cm³/mol. The van der Waals surface area contributed by atoms with Gasteiger partial charge in [-0.3, -0.25) is 9.59 Å². The first-order valence-electron chi connectivity index (χ1n) is 7.72. The maximum atomic E-state index is 12.0. The second kappa shape index (κ2) is 8.08. The zero-order valence-electron chi connectivity index (χ0n) is 14.1. The molecule has 0 radical (unpaired) electrons. The van der Waals surface area contributed by atoms with Crippen LogP contribution < -0.4 is 0 Å². The Bertz CT molecular complexity index is 483. The number of carboxylic acids is 1. The molecule has 0 aromatic rings. The molecule has 1 rings (SSSR count). The number of Topliss-reactive ketones (excluding diaryl/α,β-unsaturated/α-hetero) is 1. The first-order valence-corrected chi connectivity index (χ1v) is 7.72. The fourth-order valence-corrected chi connectivity index (χ4v) is 2.47. The summed E-state index contributed by atoms with van der Waals surface area (Å²) >= 11 is 0. The zero-order valence-corrected chi connectivity index (χ0v) is 14.1. The summed E-state index contributed by atoms with van der Waals surface area (Å²) in [6.07, 6.45) is 2.15. The van der Waals surface area contributed by atoms with E-state index in [2.05, 4.69) is 5.16 Å². The fraction of sp³-hybridized carbons (Fsp3) is 0.750. The van der Waals surface area contributed by atoms with Gasteiger partial charge in [0.1, 0.15) is 6.10 Å². The third-order valence-electron chi connectivity index (χ3n) is 3.66. The van der Waals surface area contributed by atoms with Crippen molar-refractivity contribution >= 4 is 23.4 Å². The Hall–Kier alpha value is -1.92. The number of aliphatic carboxylic acids is 1. The van der Waals surface area contributed by atoms with E-state index in [1.54, 1.807) is 0 Å². The molecule has 0 atom stereocenters. The van der Waals surface area contributed by atoms with Gasteiger partial charge in [0.25, 0.3) is 0 Å². The standard InChI is InChI=1S/C16H25NO6/c1-16(2,3)9-12(18)13(14(19)20)17-23-11-7-5-10(6-8-11)15(21)22-4/h10-11H,5-9H2,1-4H3,(H,19,20). The lowest BCUT2D eigenvalue weighted by molar-refractivity contribution is -0.147. The highest BCUT2D eigenvalue weighted by atomic mass is 16.6. The van der Waals surface area contributed by atoms with Gasteiger partial charge in [-0.1, -0.05) is 25.9 Å². The highest BCUT2D eigenvalue weighted by Crippen LogP contribution is 2.27. The maximum Gasteiger partial charge on any atom is 0.361 e. The lowest BCUT2D eigenvalue weighted by atomic mass is 9.87. The molecule has 0 unspecified atom stereocenters. The molecule has 1 aliphatic rings. The summed E-state index contributed by atoms with van der Waals surface area (Å²) in [5, 5.41) is 12.7. The molecule has 130 valence electrons. The first kappa shape index (κ1) is 19.1. The van der Waals surface area contributed by atoms with E-state index in [1.165, 1.54) is 7.11 Å². The molecule has 0 bridgehead atoms. The van der Waals surface area contributed by atoms with E-state index in [9.17, 15) is 14.4 Å². The van der Waals surface area contributed by atoms with Crippen molar-refractivity contribution in [1.82, 2.24) is 0 Å². The monoisotopic (exact) mass is 327 g/mol. The van der Waals surface area contributed by atoms with Crippen LogP contribution in [0.15, 0.2) is 5.16 Å². The number of carbonyl (C=O) groups is 3. The van der Waals surface area contributed by atoms with E-state index < -0.39 is 17.5 Å². The van der Waals surface area contributed by atoms with Gasteiger partial charge in [-0.25, -0.2) is 4.79 Å². The summed E-state index contributed by atoms with van der Waals surface area (Å²) in [5.74, 6) is -2.32. The van der Waals surface area contributed by atoms with Crippen molar-refractivity contribution in [3.8, 4) is 0 Å². The Labute approximate surface area is 136 Å². The molecular weight excluding hydrogens is 302 g/mol. The lowest BCUT2D eigenvalue weighted by Crippen LogP contribution is -2.30. The number of hydrogen-bond acceptors (Lipinski definition) is 6. The molecular formula is C16H25NO6. The third kappa shape index (κ3) is 6.38. The molecule has 7 heteroatoms. The smallest absolute Gasteiger partial charge is 0.361 e. The Kier molecular flexibility index (Phi) is 6.72. The van der Waals surface area contributed by atoms with Crippen molar-refractivity contribution in [2.24, 2.45) is 16.5 Å². The summed E-state index contributed by atoms with van der Waals surface area (Å²) in [6.45, 7) is 5.54. The number of ketones is 1. The summed E-state index contributed by atoms with van der Waals surface area (Å²) in [5.41, 5.74) is -0.902. The average Bonchev–Trinajstić information content (AvgIpc) is 2.45. The van der Waals surface area contributed by atoms with Crippen LogP contribution in [0.5, 0.6) is 0 Å². The number of hydrogen-bond donors (Lipinski definition) is 1. The normalized spacial score (nSPS) is 22.3. The van der Waals surface area contributed by atoms with E-state index >= 15 is 0 Å². The minimum Gasteiger partial charge on any atom is -0.476 e. The van der Waals surface area contributed by atoms with Crippen LogP contribution in [0.1, 0.15) is 52.9 Å². The van der Waals surface area contributed by atoms with Gasteiger partial charge in [0, 0.05) is 6.42 Å². The van der Waals surface area contributed by atoms with Crippen LogP contribution in [0.25, 0.3) is 0 Å². The van der Waals surface area contributed by atoms with Crippen LogP contribution in [-0.2, 0) is 24.0 Å². The molecule has 0 aromatic carbocycles. The van der Waals surface area contributed by atoms with Crippen molar-refractivity contribution in [3.05, 3.63) is 0 Å². The first-order chi connectivity index (χ1) is 10.6. The van der Waals surface area contributed by atoms with E-state index in [1.807, 2.05) is 20.8 Å². The van der Waals surface area contributed by atoms with Gasteiger partial charge in [0.15, 0.2) is 5.78 Å². The van der Waals surface area contributed by atoms with Crippen LogP contribution in [0.3, 0.4) is 0 Å². The Morgan fingerprint density at radius 3 is 2.13 bits per heavy atom. The minimum absolute atomic E-state index is 0.0799. The molecule has 0 aromatic heterocycles. The fourth-order valence-electron chi connectivity index (χ4n) is 2.47. The van der Waals surface area contributed by atoms with Crippen molar-refractivity contribution in [2.45, 2.75) is 59.0 Å². The highest BCUT2D eigenvalue weighted by Gasteiger charge is 2.29. The van der Waals surface area contributed by atoms with Crippen molar-refractivity contribution in [3.63, 3.8) is 0 Å². The van der Waals surface area contributed by atoms with Crippen LogP contribution in [0.4, 0.5) is 0 Å². The second-order valence-corrected chi connectivity index (χ2v) is 7.01. The minimum atomic E-state index is -1.39. The Balaban J connectivity index is 2.61. The molecule has 1 N–H and O–H groups in total. The summed E-state index contributed by atoms with van der Waals surface area (Å²) in [7, 11) is 1.36. The van der Waals surface area contributed by atoms with Crippen molar-refractivity contribution in [1.29, 1.82) is 0 Å². The number of carboxylic acid groups (broad SMARTS) is 1. The van der Waals surface area contributed by atoms with E-state index in [0.717, 1.165) is 0 Å². The van der Waals surface area contributed by atoms with E-state index in [4.69, 9.17) is 14.7 Å². The maximum absolute atomic E-state index is 12.0. The van der Waals surface area contributed by atoms with Crippen molar-refractivity contribution in [2.75, 3.05) is 7.11 Å².